The van der Waals surface area contributed by atoms with Gasteiger partial charge in [-0.2, -0.15) is 0 Å². The molecule has 1 fully saturated rings. The van der Waals surface area contributed by atoms with Crippen LogP contribution in [0.4, 0.5) is 0 Å². The van der Waals surface area contributed by atoms with Gasteiger partial charge in [0.2, 0.25) is 5.91 Å². The van der Waals surface area contributed by atoms with Gasteiger partial charge in [0.25, 0.3) is 0 Å². The van der Waals surface area contributed by atoms with Gasteiger partial charge in [-0.25, -0.2) is 0 Å². The molecule has 4 heteroatoms. The van der Waals surface area contributed by atoms with Gasteiger partial charge in [-0.3, -0.25) is 4.79 Å². The number of alkyl halides is 1. The van der Waals surface area contributed by atoms with E-state index in [2.05, 4.69) is 28.1 Å². The van der Waals surface area contributed by atoms with Crippen LogP contribution in [0.5, 0.6) is 0 Å². The number of halogens is 1. The molecule has 1 saturated heterocycles. The maximum absolute atomic E-state index is 12.3. The molecule has 0 bridgehead atoms. The SMILES string of the molecule is O=C(CC1CCCO1)N(CCBr)Cc1ccccc1. The average Bonchev–Trinajstić information content (AvgIpc) is 2.92. The minimum Gasteiger partial charge on any atom is -0.378 e. The molecule has 0 aliphatic carbocycles. The van der Waals surface area contributed by atoms with Crippen LogP contribution in [0, 0.1) is 0 Å². The van der Waals surface area contributed by atoms with E-state index in [1.54, 1.807) is 0 Å². The van der Waals surface area contributed by atoms with Gasteiger partial charge < -0.3 is 9.64 Å². The summed E-state index contributed by atoms with van der Waals surface area (Å²) in [7, 11) is 0. The molecule has 0 aromatic heterocycles. The molecule has 1 aliphatic heterocycles. The van der Waals surface area contributed by atoms with Crippen molar-refractivity contribution in [1.82, 2.24) is 4.90 Å². The molecule has 1 unspecified atom stereocenters. The third kappa shape index (κ3) is 4.62. The van der Waals surface area contributed by atoms with Crippen molar-refractivity contribution in [1.29, 1.82) is 0 Å². The maximum atomic E-state index is 12.3. The number of carbonyl (C=O) groups excluding carboxylic acids is 1. The molecular weight excluding hydrogens is 306 g/mol. The predicted molar refractivity (Wildman–Crippen MR) is 79.2 cm³/mol. The van der Waals surface area contributed by atoms with Gasteiger partial charge >= 0.3 is 0 Å². The van der Waals surface area contributed by atoms with Crippen LogP contribution < -0.4 is 0 Å². The Morgan fingerprint density at radius 1 is 1.37 bits per heavy atom. The molecule has 0 radical (unpaired) electrons. The molecule has 0 spiro atoms. The molecule has 19 heavy (non-hydrogen) atoms. The zero-order chi connectivity index (χ0) is 13.5. The Bertz CT molecular complexity index is 390. The molecule has 104 valence electrons. The summed E-state index contributed by atoms with van der Waals surface area (Å²) >= 11 is 3.42. The predicted octanol–water partition coefficient (Wildman–Crippen LogP) is 2.98. The standard InChI is InChI=1S/C15H20BrNO2/c16-8-9-17(12-13-5-2-1-3-6-13)15(18)11-14-7-4-10-19-14/h1-3,5-6,14H,4,7-12H2. The van der Waals surface area contributed by atoms with Gasteiger partial charge in [-0.05, 0) is 18.4 Å². The summed E-state index contributed by atoms with van der Waals surface area (Å²) in [6, 6.07) is 10.1. The number of rotatable bonds is 6. The maximum Gasteiger partial charge on any atom is 0.225 e. The van der Waals surface area contributed by atoms with Crippen LogP contribution >= 0.6 is 15.9 Å². The van der Waals surface area contributed by atoms with Crippen LogP contribution in [0.1, 0.15) is 24.8 Å². The summed E-state index contributed by atoms with van der Waals surface area (Å²) in [6.45, 7) is 2.22. The fraction of sp³-hybridized carbons (Fsp3) is 0.533. The number of benzene rings is 1. The van der Waals surface area contributed by atoms with Gasteiger partial charge in [-0.15, -0.1) is 0 Å². The van der Waals surface area contributed by atoms with Crippen molar-refractivity contribution < 1.29 is 9.53 Å². The Balaban J connectivity index is 1.92. The molecule has 2 rings (SSSR count). The van der Waals surface area contributed by atoms with E-state index in [0.29, 0.717) is 13.0 Å². The zero-order valence-electron chi connectivity index (χ0n) is 11.1. The highest BCUT2D eigenvalue weighted by molar-refractivity contribution is 9.09. The van der Waals surface area contributed by atoms with Crippen molar-refractivity contribution in [2.45, 2.75) is 31.9 Å². The molecule has 1 atom stereocenters. The molecular formula is C15H20BrNO2. The molecule has 3 nitrogen and oxygen atoms in total. The van der Waals surface area contributed by atoms with Crippen LogP contribution in [0.3, 0.4) is 0 Å². The Kier molecular flexibility index (Phi) is 5.86. The van der Waals surface area contributed by atoms with E-state index in [-0.39, 0.29) is 12.0 Å². The second-order valence-electron chi connectivity index (χ2n) is 4.83. The molecule has 1 heterocycles. The highest BCUT2D eigenvalue weighted by Gasteiger charge is 2.22. The highest BCUT2D eigenvalue weighted by Crippen LogP contribution is 2.17. The van der Waals surface area contributed by atoms with Gasteiger partial charge in [0.05, 0.1) is 12.5 Å². The molecule has 0 N–H and O–H groups in total. The fourth-order valence-corrected chi connectivity index (χ4v) is 2.76. The first-order valence-corrected chi connectivity index (χ1v) is 7.91. The van der Waals surface area contributed by atoms with E-state index < -0.39 is 0 Å². The lowest BCUT2D eigenvalue weighted by Crippen LogP contribution is -2.34. The average molecular weight is 326 g/mol. The van der Waals surface area contributed by atoms with E-state index >= 15 is 0 Å². The summed E-state index contributed by atoms with van der Waals surface area (Å²) in [5.41, 5.74) is 1.17. The lowest BCUT2D eigenvalue weighted by atomic mass is 10.1. The molecule has 1 aromatic rings. The smallest absolute Gasteiger partial charge is 0.225 e. The van der Waals surface area contributed by atoms with Gasteiger partial charge in [0.1, 0.15) is 0 Å². The Morgan fingerprint density at radius 2 is 2.16 bits per heavy atom. The number of hydrogen-bond acceptors (Lipinski definition) is 2. The lowest BCUT2D eigenvalue weighted by molar-refractivity contribution is -0.133. The Labute approximate surface area is 123 Å². The normalized spacial score (nSPS) is 18.5. The van der Waals surface area contributed by atoms with E-state index in [1.807, 2.05) is 23.1 Å². The third-order valence-electron chi connectivity index (χ3n) is 3.35. The zero-order valence-corrected chi connectivity index (χ0v) is 12.6. The number of carbonyl (C=O) groups is 1. The van der Waals surface area contributed by atoms with Crippen molar-refractivity contribution in [3.05, 3.63) is 35.9 Å². The van der Waals surface area contributed by atoms with Crippen molar-refractivity contribution in [2.24, 2.45) is 0 Å². The second kappa shape index (κ2) is 7.65. The monoisotopic (exact) mass is 325 g/mol. The van der Waals surface area contributed by atoms with Crippen molar-refractivity contribution >= 4 is 21.8 Å². The number of hydrogen-bond donors (Lipinski definition) is 0. The lowest BCUT2D eigenvalue weighted by Gasteiger charge is -2.23. The van der Waals surface area contributed by atoms with Crippen molar-refractivity contribution in [3.8, 4) is 0 Å². The van der Waals surface area contributed by atoms with E-state index in [0.717, 1.165) is 31.3 Å². The summed E-state index contributed by atoms with van der Waals surface area (Å²) < 4.78 is 5.54. The van der Waals surface area contributed by atoms with Gasteiger partial charge in [0.15, 0.2) is 0 Å². The van der Waals surface area contributed by atoms with Crippen molar-refractivity contribution in [2.75, 3.05) is 18.5 Å². The topological polar surface area (TPSA) is 29.5 Å². The second-order valence-corrected chi connectivity index (χ2v) is 5.62. The summed E-state index contributed by atoms with van der Waals surface area (Å²) in [5, 5.41) is 0.803. The first kappa shape index (κ1) is 14.5. The Hall–Kier alpha value is -0.870. The van der Waals surface area contributed by atoms with Crippen LogP contribution in [0.25, 0.3) is 0 Å². The van der Waals surface area contributed by atoms with Crippen LogP contribution in [-0.4, -0.2) is 35.4 Å². The third-order valence-corrected chi connectivity index (χ3v) is 3.70. The first-order valence-electron chi connectivity index (χ1n) is 6.79. The van der Waals surface area contributed by atoms with E-state index in [1.165, 1.54) is 5.56 Å². The van der Waals surface area contributed by atoms with Gasteiger partial charge in [0, 0.05) is 25.0 Å². The summed E-state index contributed by atoms with van der Waals surface area (Å²) in [4.78, 5) is 14.2. The minimum atomic E-state index is 0.126. The quantitative estimate of drug-likeness (QED) is 0.752. The number of amides is 1. The Morgan fingerprint density at radius 3 is 2.79 bits per heavy atom. The summed E-state index contributed by atoms with van der Waals surface area (Å²) in [5.74, 6) is 0.190. The molecule has 1 aromatic carbocycles. The molecule has 1 aliphatic rings. The minimum absolute atomic E-state index is 0.126. The number of nitrogens with zero attached hydrogens (tertiary/aromatic N) is 1. The van der Waals surface area contributed by atoms with E-state index in [9.17, 15) is 4.79 Å². The highest BCUT2D eigenvalue weighted by atomic mass is 79.9. The largest absolute Gasteiger partial charge is 0.378 e. The van der Waals surface area contributed by atoms with Crippen LogP contribution in [0.2, 0.25) is 0 Å². The van der Waals surface area contributed by atoms with Gasteiger partial charge in [-0.1, -0.05) is 46.3 Å². The van der Waals surface area contributed by atoms with Crippen molar-refractivity contribution in [3.63, 3.8) is 0 Å². The first-order chi connectivity index (χ1) is 9.29. The van der Waals surface area contributed by atoms with E-state index in [4.69, 9.17) is 4.74 Å². The van der Waals surface area contributed by atoms with Crippen LogP contribution in [0.15, 0.2) is 30.3 Å². The number of ether oxygens (including phenoxy) is 1. The van der Waals surface area contributed by atoms with Crippen LogP contribution in [-0.2, 0) is 16.1 Å². The summed E-state index contributed by atoms with van der Waals surface area (Å²) in [6.07, 6.45) is 2.73. The fourth-order valence-electron chi connectivity index (χ4n) is 2.33. The molecule has 0 saturated carbocycles. The molecule has 1 amide bonds.